The van der Waals surface area contributed by atoms with Gasteiger partial charge in [0.05, 0.1) is 18.3 Å². The summed E-state index contributed by atoms with van der Waals surface area (Å²) < 4.78 is 44.6. The fourth-order valence-electron chi connectivity index (χ4n) is 2.92. The first-order valence-corrected chi connectivity index (χ1v) is 6.00. The van der Waals surface area contributed by atoms with Gasteiger partial charge in [0.25, 0.3) is 0 Å². The molecule has 2 nitrogen and oxygen atoms in total. The van der Waals surface area contributed by atoms with Crippen LogP contribution in [0.15, 0.2) is 12.1 Å². The topological polar surface area (TPSA) is 21.3 Å². The first-order valence-electron chi connectivity index (χ1n) is 6.00. The predicted molar refractivity (Wildman–Crippen MR) is 67.6 cm³/mol. The molecule has 1 N–H and O–H groups in total. The molecule has 1 aromatic rings. The van der Waals surface area contributed by atoms with Crippen LogP contribution in [-0.2, 0) is 17.5 Å². The van der Waals surface area contributed by atoms with Gasteiger partial charge in [-0.3, -0.25) is 0 Å². The number of rotatable bonds is 0. The lowest BCUT2D eigenvalue weighted by Gasteiger charge is -2.30. The Labute approximate surface area is 115 Å². The molecule has 1 fully saturated rings. The SMILES string of the molecule is Cc1cc2c(c(C(F)(F)F)c1)CO[C@H]1CNC[C@@H]21.Cl. The Bertz CT molecular complexity index is 490. The fraction of sp³-hybridized carbons (Fsp3) is 0.538. The Morgan fingerprint density at radius 3 is 2.68 bits per heavy atom. The first-order chi connectivity index (χ1) is 8.47. The molecule has 2 aliphatic heterocycles. The Morgan fingerprint density at radius 2 is 2.00 bits per heavy atom. The average Bonchev–Trinajstić information content (AvgIpc) is 2.74. The molecule has 0 saturated carbocycles. The van der Waals surface area contributed by atoms with Gasteiger partial charge in [-0.1, -0.05) is 11.6 Å². The van der Waals surface area contributed by atoms with E-state index in [9.17, 15) is 13.2 Å². The van der Waals surface area contributed by atoms with Gasteiger partial charge in [0, 0.05) is 19.0 Å². The minimum absolute atomic E-state index is 0. The summed E-state index contributed by atoms with van der Waals surface area (Å²) in [6.45, 7) is 3.19. The van der Waals surface area contributed by atoms with Crippen molar-refractivity contribution in [2.75, 3.05) is 13.1 Å². The second kappa shape index (κ2) is 4.96. The minimum Gasteiger partial charge on any atom is -0.372 e. The van der Waals surface area contributed by atoms with E-state index in [1.807, 2.05) is 6.07 Å². The molecule has 2 aliphatic rings. The normalized spacial score (nSPS) is 25.5. The van der Waals surface area contributed by atoms with Crippen molar-refractivity contribution < 1.29 is 17.9 Å². The molecule has 0 unspecified atom stereocenters. The standard InChI is InChI=1S/C13H14F3NO.ClH/c1-7-2-8-9-4-17-5-12(9)18-6-10(8)11(3-7)13(14,15)16;/h2-3,9,12,17H,4-6H2,1H3;1H/t9-,12-;/m0./s1. The van der Waals surface area contributed by atoms with Crippen LogP contribution in [0.1, 0.15) is 28.2 Å². The van der Waals surface area contributed by atoms with Crippen molar-refractivity contribution in [2.45, 2.75) is 31.7 Å². The van der Waals surface area contributed by atoms with Gasteiger partial charge in [-0.15, -0.1) is 12.4 Å². The summed E-state index contributed by atoms with van der Waals surface area (Å²) in [5.41, 5.74) is 1.25. The predicted octanol–water partition coefficient (Wildman–Crippen LogP) is 3.02. The van der Waals surface area contributed by atoms with E-state index in [-0.39, 0.29) is 31.0 Å². The molecule has 6 heteroatoms. The summed E-state index contributed by atoms with van der Waals surface area (Å²) in [6.07, 6.45) is -4.29. The quantitative estimate of drug-likeness (QED) is 0.794. The number of benzene rings is 1. The third-order valence-electron chi connectivity index (χ3n) is 3.73. The molecule has 0 aromatic heterocycles. The first kappa shape index (κ1) is 14.6. The van der Waals surface area contributed by atoms with Crippen LogP contribution >= 0.6 is 12.4 Å². The maximum Gasteiger partial charge on any atom is 0.416 e. The molecule has 1 aromatic carbocycles. The largest absolute Gasteiger partial charge is 0.416 e. The number of ether oxygens (including phenoxy) is 1. The lowest BCUT2D eigenvalue weighted by atomic mass is 9.85. The Hall–Kier alpha value is -0.780. The molecule has 0 amide bonds. The number of hydrogen-bond acceptors (Lipinski definition) is 2. The highest BCUT2D eigenvalue weighted by atomic mass is 35.5. The van der Waals surface area contributed by atoms with Crippen LogP contribution in [0.2, 0.25) is 0 Å². The Balaban J connectivity index is 0.00000133. The smallest absolute Gasteiger partial charge is 0.372 e. The van der Waals surface area contributed by atoms with Crippen LogP contribution in [0.4, 0.5) is 13.2 Å². The molecular weight excluding hydrogens is 279 g/mol. The fourth-order valence-corrected chi connectivity index (χ4v) is 2.92. The van der Waals surface area contributed by atoms with E-state index in [1.54, 1.807) is 6.92 Å². The highest BCUT2D eigenvalue weighted by molar-refractivity contribution is 5.85. The van der Waals surface area contributed by atoms with E-state index in [1.165, 1.54) is 6.07 Å². The number of aryl methyl sites for hydroxylation is 1. The summed E-state index contributed by atoms with van der Waals surface area (Å²) in [4.78, 5) is 0. The van der Waals surface area contributed by atoms with Crippen molar-refractivity contribution in [3.63, 3.8) is 0 Å². The maximum atomic E-state index is 13.0. The summed E-state index contributed by atoms with van der Waals surface area (Å²) in [7, 11) is 0. The second-order valence-corrected chi connectivity index (χ2v) is 4.99. The van der Waals surface area contributed by atoms with Gasteiger partial charge in [-0.2, -0.15) is 13.2 Å². The van der Waals surface area contributed by atoms with E-state index in [4.69, 9.17) is 4.74 Å². The van der Waals surface area contributed by atoms with Crippen molar-refractivity contribution in [2.24, 2.45) is 0 Å². The summed E-state index contributed by atoms with van der Waals surface area (Å²) in [5, 5.41) is 3.18. The van der Waals surface area contributed by atoms with Gasteiger partial charge >= 0.3 is 6.18 Å². The van der Waals surface area contributed by atoms with Gasteiger partial charge in [0.2, 0.25) is 0 Å². The summed E-state index contributed by atoms with van der Waals surface area (Å²) in [6, 6.07) is 3.09. The number of alkyl halides is 3. The van der Waals surface area contributed by atoms with Crippen molar-refractivity contribution >= 4 is 12.4 Å². The third-order valence-corrected chi connectivity index (χ3v) is 3.73. The third kappa shape index (κ3) is 2.47. The Morgan fingerprint density at radius 1 is 1.26 bits per heavy atom. The lowest BCUT2D eigenvalue weighted by Crippen LogP contribution is -2.29. The van der Waals surface area contributed by atoms with Crippen molar-refractivity contribution in [1.29, 1.82) is 0 Å². The van der Waals surface area contributed by atoms with E-state index in [0.29, 0.717) is 17.7 Å². The van der Waals surface area contributed by atoms with Crippen molar-refractivity contribution in [3.8, 4) is 0 Å². The highest BCUT2D eigenvalue weighted by Gasteiger charge is 2.40. The summed E-state index contributed by atoms with van der Waals surface area (Å²) >= 11 is 0. The van der Waals surface area contributed by atoms with E-state index in [2.05, 4.69) is 5.32 Å². The second-order valence-electron chi connectivity index (χ2n) is 4.99. The van der Waals surface area contributed by atoms with Gasteiger partial charge in [0.15, 0.2) is 0 Å². The molecule has 0 radical (unpaired) electrons. The maximum absolute atomic E-state index is 13.0. The van der Waals surface area contributed by atoms with Crippen LogP contribution in [0.5, 0.6) is 0 Å². The number of fused-ring (bicyclic) bond motifs is 3. The van der Waals surface area contributed by atoms with E-state index >= 15 is 0 Å². The average molecular weight is 294 g/mol. The number of nitrogens with one attached hydrogen (secondary N) is 1. The molecule has 1 saturated heterocycles. The van der Waals surface area contributed by atoms with Crippen LogP contribution < -0.4 is 5.32 Å². The molecular formula is C13H15ClF3NO. The molecule has 3 rings (SSSR count). The highest BCUT2D eigenvalue weighted by Crippen LogP contribution is 2.41. The molecule has 0 bridgehead atoms. The molecule has 2 atom stereocenters. The molecule has 2 heterocycles. The van der Waals surface area contributed by atoms with Gasteiger partial charge in [0.1, 0.15) is 0 Å². The Kier molecular flexibility index (Phi) is 3.82. The van der Waals surface area contributed by atoms with E-state index < -0.39 is 11.7 Å². The molecule has 19 heavy (non-hydrogen) atoms. The van der Waals surface area contributed by atoms with Gasteiger partial charge in [-0.05, 0) is 24.1 Å². The number of halogens is 4. The van der Waals surface area contributed by atoms with Crippen LogP contribution in [0, 0.1) is 6.92 Å². The molecule has 0 aliphatic carbocycles. The molecule has 106 valence electrons. The molecule has 0 spiro atoms. The van der Waals surface area contributed by atoms with Crippen LogP contribution in [0.3, 0.4) is 0 Å². The zero-order valence-electron chi connectivity index (χ0n) is 10.4. The zero-order valence-corrected chi connectivity index (χ0v) is 11.2. The van der Waals surface area contributed by atoms with Gasteiger partial charge < -0.3 is 10.1 Å². The summed E-state index contributed by atoms with van der Waals surface area (Å²) in [5.74, 6) is 0.0507. The van der Waals surface area contributed by atoms with Gasteiger partial charge in [-0.25, -0.2) is 0 Å². The van der Waals surface area contributed by atoms with E-state index in [0.717, 1.165) is 12.1 Å². The van der Waals surface area contributed by atoms with Crippen LogP contribution in [-0.4, -0.2) is 19.2 Å². The minimum atomic E-state index is -4.31. The van der Waals surface area contributed by atoms with Crippen molar-refractivity contribution in [3.05, 3.63) is 34.4 Å². The monoisotopic (exact) mass is 293 g/mol. The van der Waals surface area contributed by atoms with Crippen LogP contribution in [0.25, 0.3) is 0 Å². The number of hydrogen-bond donors (Lipinski definition) is 1. The van der Waals surface area contributed by atoms with Crippen molar-refractivity contribution in [1.82, 2.24) is 5.32 Å². The lowest BCUT2D eigenvalue weighted by molar-refractivity contribution is -0.139. The zero-order chi connectivity index (χ0) is 12.9.